The Hall–Kier alpha value is -0.0800. The average molecular weight is 280 g/mol. The van der Waals surface area contributed by atoms with Crippen molar-refractivity contribution in [3.05, 3.63) is 0 Å². The molecule has 0 aromatic carbocycles. The van der Waals surface area contributed by atoms with Crippen molar-refractivity contribution in [2.75, 3.05) is 13.1 Å². The Kier molecular flexibility index (Phi) is 6.83. The second kappa shape index (κ2) is 8.38. The maximum Gasteiger partial charge on any atom is 0.0254 e. The standard InChI is InChI=1S/C18H36N2/c1-4-13-19-17-12-11-15(5-2)14-18(17)20(6-3)16-9-7-8-10-16/h15-19H,4-14H2,1-3H3. The van der Waals surface area contributed by atoms with Crippen LogP contribution in [0.5, 0.6) is 0 Å². The van der Waals surface area contributed by atoms with Crippen LogP contribution in [-0.2, 0) is 0 Å². The zero-order valence-corrected chi connectivity index (χ0v) is 14.0. The molecule has 2 aliphatic carbocycles. The van der Waals surface area contributed by atoms with E-state index in [1.54, 1.807) is 0 Å². The molecule has 0 radical (unpaired) electrons. The lowest BCUT2D eigenvalue weighted by Gasteiger charge is -2.45. The zero-order chi connectivity index (χ0) is 14.4. The highest BCUT2D eigenvalue weighted by atomic mass is 15.2. The second-order valence-electron chi connectivity index (χ2n) is 6.98. The Morgan fingerprint density at radius 2 is 1.75 bits per heavy atom. The summed E-state index contributed by atoms with van der Waals surface area (Å²) >= 11 is 0. The van der Waals surface area contributed by atoms with Gasteiger partial charge in [-0.25, -0.2) is 0 Å². The molecule has 20 heavy (non-hydrogen) atoms. The van der Waals surface area contributed by atoms with E-state index in [0.29, 0.717) is 0 Å². The van der Waals surface area contributed by atoms with Crippen LogP contribution in [0.15, 0.2) is 0 Å². The maximum atomic E-state index is 3.86. The first-order valence-corrected chi connectivity index (χ1v) is 9.29. The molecule has 3 atom stereocenters. The van der Waals surface area contributed by atoms with Crippen LogP contribution in [0.1, 0.15) is 78.6 Å². The van der Waals surface area contributed by atoms with Gasteiger partial charge in [0.15, 0.2) is 0 Å². The topological polar surface area (TPSA) is 15.3 Å². The molecule has 0 bridgehead atoms. The van der Waals surface area contributed by atoms with Crippen LogP contribution >= 0.6 is 0 Å². The Bertz CT molecular complexity index is 260. The second-order valence-corrected chi connectivity index (χ2v) is 6.98. The van der Waals surface area contributed by atoms with Gasteiger partial charge in [0, 0.05) is 18.1 Å². The molecular weight excluding hydrogens is 244 g/mol. The first kappa shape index (κ1) is 16.3. The SMILES string of the molecule is CCCNC1CCC(CC)CC1N(CC)C1CCCC1. The third-order valence-corrected chi connectivity index (χ3v) is 5.74. The third-order valence-electron chi connectivity index (χ3n) is 5.74. The molecular formula is C18H36N2. The first-order chi connectivity index (χ1) is 9.80. The van der Waals surface area contributed by atoms with Gasteiger partial charge in [-0.15, -0.1) is 0 Å². The summed E-state index contributed by atoms with van der Waals surface area (Å²) in [5.41, 5.74) is 0. The van der Waals surface area contributed by atoms with E-state index in [1.807, 2.05) is 0 Å². The minimum Gasteiger partial charge on any atom is -0.312 e. The van der Waals surface area contributed by atoms with Crippen LogP contribution in [0.25, 0.3) is 0 Å². The van der Waals surface area contributed by atoms with Crippen molar-refractivity contribution in [1.82, 2.24) is 10.2 Å². The van der Waals surface area contributed by atoms with Crippen molar-refractivity contribution < 1.29 is 0 Å². The molecule has 1 N–H and O–H groups in total. The predicted octanol–water partition coefficient (Wildman–Crippen LogP) is 4.20. The third kappa shape index (κ3) is 3.98. The van der Waals surface area contributed by atoms with Crippen molar-refractivity contribution in [3.63, 3.8) is 0 Å². The lowest BCUT2D eigenvalue weighted by atomic mass is 9.79. The summed E-state index contributed by atoms with van der Waals surface area (Å²) < 4.78 is 0. The summed E-state index contributed by atoms with van der Waals surface area (Å²) in [4.78, 5) is 2.88. The highest BCUT2D eigenvalue weighted by Crippen LogP contribution is 2.34. The summed E-state index contributed by atoms with van der Waals surface area (Å²) in [7, 11) is 0. The fourth-order valence-electron chi connectivity index (χ4n) is 4.54. The molecule has 2 nitrogen and oxygen atoms in total. The van der Waals surface area contributed by atoms with Gasteiger partial charge in [-0.2, -0.15) is 0 Å². The lowest BCUT2D eigenvalue weighted by molar-refractivity contribution is 0.0650. The van der Waals surface area contributed by atoms with Crippen LogP contribution in [0.4, 0.5) is 0 Å². The molecule has 2 saturated carbocycles. The molecule has 2 fully saturated rings. The maximum absolute atomic E-state index is 3.86. The average Bonchev–Trinajstić information content (AvgIpc) is 3.00. The minimum absolute atomic E-state index is 0.748. The van der Waals surface area contributed by atoms with E-state index in [-0.39, 0.29) is 0 Å². The molecule has 3 unspecified atom stereocenters. The Morgan fingerprint density at radius 1 is 1.00 bits per heavy atom. The van der Waals surface area contributed by atoms with E-state index in [4.69, 9.17) is 0 Å². The van der Waals surface area contributed by atoms with E-state index in [1.165, 1.54) is 70.9 Å². The fraction of sp³-hybridized carbons (Fsp3) is 1.00. The number of nitrogens with zero attached hydrogens (tertiary/aromatic N) is 1. The van der Waals surface area contributed by atoms with Crippen LogP contribution in [0, 0.1) is 5.92 Å². The van der Waals surface area contributed by atoms with Crippen LogP contribution < -0.4 is 5.32 Å². The van der Waals surface area contributed by atoms with Gasteiger partial charge in [0.2, 0.25) is 0 Å². The largest absolute Gasteiger partial charge is 0.312 e. The van der Waals surface area contributed by atoms with Crippen molar-refractivity contribution in [2.24, 2.45) is 5.92 Å². The monoisotopic (exact) mass is 280 g/mol. The normalized spacial score (nSPS) is 32.1. The van der Waals surface area contributed by atoms with Gasteiger partial charge < -0.3 is 5.32 Å². The van der Waals surface area contributed by atoms with Gasteiger partial charge in [0.1, 0.15) is 0 Å². The number of likely N-dealkylation sites (N-methyl/N-ethyl adjacent to an activating group) is 1. The number of hydrogen-bond acceptors (Lipinski definition) is 2. The van der Waals surface area contributed by atoms with Crippen LogP contribution in [-0.4, -0.2) is 36.1 Å². The van der Waals surface area contributed by atoms with Crippen molar-refractivity contribution in [3.8, 4) is 0 Å². The molecule has 0 heterocycles. The van der Waals surface area contributed by atoms with Gasteiger partial charge in [-0.1, -0.05) is 40.0 Å². The summed E-state index contributed by atoms with van der Waals surface area (Å²) in [5, 5.41) is 3.86. The molecule has 2 rings (SSSR count). The van der Waals surface area contributed by atoms with E-state index < -0.39 is 0 Å². The van der Waals surface area contributed by atoms with Crippen molar-refractivity contribution in [2.45, 2.75) is 96.7 Å². The smallest absolute Gasteiger partial charge is 0.0254 e. The van der Waals surface area contributed by atoms with Gasteiger partial charge in [-0.05, 0) is 57.5 Å². The van der Waals surface area contributed by atoms with Gasteiger partial charge in [0.25, 0.3) is 0 Å². The number of rotatable bonds is 7. The summed E-state index contributed by atoms with van der Waals surface area (Å²) in [6, 6.07) is 2.43. The van der Waals surface area contributed by atoms with E-state index in [9.17, 15) is 0 Å². The van der Waals surface area contributed by atoms with Crippen molar-refractivity contribution in [1.29, 1.82) is 0 Å². The van der Waals surface area contributed by atoms with Crippen LogP contribution in [0.3, 0.4) is 0 Å². The Morgan fingerprint density at radius 3 is 2.35 bits per heavy atom. The molecule has 0 aromatic rings. The first-order valence-electron chi connectivity index (χ1n) is 9.29. The number of hydrogen-bond donors (Lipinski definition) is 1. The minimum atomic E-state index is 0.748. The molecule has 0 spiro atoms. The fourth-order valence-corrected chi connectivity index (χ4v) is 4.54. The van der Waals surface area contributed by atoms with Gasteiger partial charge in [0.05, 0.1) is 0 Å². The van der Waals surface area contributed by atoms with Crippen molar-refractivity contribution >= 4 is 0 Å². The zero-order valence-electron chi connectivity index (χ0n) is 14.0. The molecule has 2 heteroatoms. The lowest BCUT2D eigenvalue weighted by Crippen LogP contribution is -2.55. The molecule has 0 aromatic heterocycles. The van der Waals surface area contributed by atoms with Gasteiger partial charge >= 0.3 is 0 Å². The summed E-state index contributed by atoms with van der Waals surface area (Å²) in [6.07, 6.45) is 12.7. The van der Waals surface area contributed by atoms with E-state index >= 15 is 0 Å². The predicted molar refractivity (Wildman–Crippen MR) is 88.1 cm³/mol. The Labute approximate surface area is 126 Å². The quantitative estimate of drug-likeness (QED) is 0.752. The number of nitrogens with one attached hydrogen (secondary N) is 1. The molecule has 118 valence electrons. The Balaban J connectivity index is 2.02. The summed E-state index contributed by atoms with van der Waals surface area (Å²) in [5.74, 6) is 0.968. The summed E-state index contributed by atoms with van der Waals surface area (Å²) in [6.45, 7) is 9.49. The molecule has 0 aliphatic heterocycles. The van der Waals surface area contributed by atoms with E-state index in [2.05, 4.69) is 31.0 Å². The van der Waals surface area contributed by atoms with Crippen LogP contribution in [0.2, 0.25) is 0 Å². The van der Waals surface area contributed by atoms with Gasteiger partial charge in [-0.3, -0.25) is 4.90 Å². The highest BCUT2D eigenvalue weighted by Gasteiger charge is 2.36. The molecule has 0 amide bonds. The molecule has 2 aliphatic rings. The van der Waals surface area contributed by atoms with E-state index in [0.717, 1.165) is 24.0 Å². The highest BCUT2D eigenvalue weighted by molar-refractivity contribution is 4.94. The molecule has 0 saturated heterocycles.